The molecule has 0 aliphatic carbocycles. The van der Waals surface area contributed by atoms with E-state index in [0.29, 0.717) is 23.2 Å². The molecule has 1 aromatic heterocycles. The predicted molar refractivity (Wildman–Crippen MR) is 67.2 cm³/mol. The predicted octanol–water partition coefficient (Wildman–Crippen LogP) is 1.35. The second-order valence-corrected chi connectivity index (χ2v) is 6.87. The van der Waals surface area contributed by atoms with Crippen LogP contribution in [0.4, 0.5) is 5.82 Å². The molecule has 1 saturated heterocycles. The number of nitrogens with zero attached hydrogens (tertiary/aromatic N) is 2. The molecule has 1 aromatic rings. The van der Waals surface area contributed by atoms with Crippen molar-refractivity contribution in [2.75, 3.05) is 16.8 Å². The van der Waals surface area contributed by atoms with Crippen LogP contribution in [0.3, 0.4) is 0 Å². The third kappa shape index (κ3) is 2.87. The van der Waals surface area contributed by atoms with Crippen LogP contribution in [0.5, 0.6) is 0 Å². The quantitative estimate of drug-likeness (QED) is 0.825. The number of nitrogens with one attached hydrogen (secondary N) is 1. The van der Waals surface area contributed by atoms with Gasteiger partial charge in [-0.15, -0.1) is 0 Å². The van der Waals surface area contributed by atoms with Crippen molar-refractivity contribution in [2.45, 2.75) is 26.3 Å². The van der Waals surface area contributed by atoms with Crippen LogP contribution in [0.2, 0.25) is 5.15 Å². The lowest BCUT2D eigenvalue weighted by Crippen LogP contribution is -2.22. The molecule has 1 atom stereocenters. The van der Waals surface area contributed by atoms with E-state index in [1.165, 1.54) is 0 Å². The summed E-state index contributed by atoms with van der Waals surface area (Å²) in [4.78, 5) is 8.28. The molecule has 7 heteroatoms. The molecule has 0 bridgehead atoms. The number of aryl methyl sites for hydroxylation is 1. The van der Waals surface area contributed by atoms with E-state index in [9.17, 15) is 8.42 Å². The Morgan fingerprint density at radius 1 is 1.35 bits per heavy atom. The molecule has 94 valence electrons. The molecule has 17 heavy (non-hydrogen) atoms. The summed E-state index contributed by atoms with van der Waals surface area (Å²) >= 11 is 5.95. The highest BCUT2D eigenvalue weighted by Gasteiger charge is 2.28. The minimum atomic E-state index is -2.89. The van der Waals surface area contributed by atoms with Crippen molar-refractivity contribution in [1.29, 1.82) is 0 Å². The first kappa shape index (κ1) is 12.6. The molecule has 1 aliphatic rings. The molecule has 2 rings (SSSR count). The van der Waals surface area contributed by atoms with E-state index in [-0.39, 0.29) is 17.5 Å². The average molecular weight is 276 g/mol. The Labute approximate surface area is 106 Å². The fourth-order valence-corrected chi connectivity index (χ4v) is 3.72. The zero-order chi connectivity index (χ0) is 12.6. The molecule has 1 unspecified atom stereocenters. The van der Waals surface area contributed by atoms with Gasteiger partial charge < -0.3 is 5.32 Å². The van der Waals surface area contributed by atoms with Crippen LogP contribution >= 0.6 is 11.6 Å². The van der Waals surface area contributed by atoms with Crippen molar-refractivity contribution in [3.8, 4) is 0 Å². The van der Waals surface area contributed by atoms with Gasteiger partial charge in [-0.05, 0) is 20.3 Å². The first-order chi connectivity index (χ1) is 7.87. The second-order valence-electron chi connectivity index (χ2n) is 4.28. The molecule has 1 fully saturated rings. The lowest BCUT2D eigenvalue weighted by Gasteiger charge is -2.14. The Morgan fingerprint density at radius 2 is 2.06 bits per heavy atom. The molecular formula is C10H14ClN3O2S. The summed E-state index contributed by atoms with van der Waals surface area (Å²) in [7, 11) is -2.89. The fourth-order valence-electron chi connectivity index (χ4n) is 1.84. The summed E-state index contributed by atoms with van der Waals surface area (Å²) in [5.41, 5.74) is 0.751. The van der Waals surface area contributed by atoms with E-state index < -0.39 is 9.84 Å². The Morgan fingerprint density at radius 3 is 2.65 bits per heavy atom. The Balaban J connectivity index is 2.20. The molecule has 0 spiro atoms. The normalized spacial score (nSPS) is 22.6. The van der Waals surface area contributed by atoms with Gasteiger partial charge in [-0.25, -0.2) is 18.4 Å². The maximum atomic E-state index is 11.4. The maximum absolute atomic E-state index is 11.4. The average Bonchev–Trinajstić information content (AvgIpc) is 2.54. The zero-order valence-electron chi connectivity index (χ0n) is 9.70. The minimum absolute atomic E-state index is 0.0796. The molecule has 1 N–H and O–H groups in total. The van der Waals surface area contributed by atoms with Gasteiger partial charge in [0.05, 0.1) is 11.5 Å². The summed E-state index contributed by atoms with van der Waals surface area (Å²) in [6, 6.07) is -0.0796. The number of sulfone groups is 1. The molecule has 0 amide bonds. The van der Waals surface area contributed by atoms with Crippen LogP contribution in [0.1, 0.15) is 17.8 Å². The summed E-state index contributed by atoms with van der Waals surface area (Å²) in [5.74, 6) is 1.60. The van der Waals surface area contributed by atoms with E-state index in [4.69, 9.17) is 11.6 Å². The fraction of sp³-hybridized carbons (Fsp3) is 0.600. The number of hydrogen-bond acceptors (Lipinski definition) is 5. The van der Waals surface area contributed by atoms with E-state index in [0.717, 1.165) is 5.56 Å². The van der Waals surface area contributed by atoms with Gasteiger partial charge in [0, 0.05) is 11.6 Å². The smallest absolute Gasteiger partial charge is 0.152 e. The molecule has 2 heterocycles. The lowest BCUT2D eigenvalue weighted by molar-refractivity contribution is 0.602. The van der Waals surface area contributed by atoms with Crippen LogP contribution in [0, 0.1) is 13.8 Å². The van der Waals surface area contributed by atoms with Crippen LogP contribution in [0.25, 0.3) is 0 Å². The molecule has 1 aliphatic heterocycles. The van der Waals surface area contributed by atoms with Crippen molar-refractivity contribution in [3.05, 3.63) is 16.5 Å². The maximum Gasteiger partial charge on any atom is 0.152 e. The van der Waals surface area contributed by atoms with Gasteiger partial charge in [0.1, 0.15) is 16.8 Å². The minimum Gasteiger partial charge on any atom is -0.366 e. The van der Waals surface area contributed by atoms with Gasteiger partial charge in [0.25, 0.3) is 0 Å². The number of hydrogen-bond donors (Lipinski definition) is 1. The highest BCUT2D eigenvalue weighted by Crippen LogP contribution is 2.22. The van der Waals surface area contributed by atoms with Crippen LogP contribution in [-0.4, -0.2) is 35.9 Å². The third-order valence-corrected chi connectivity index (χ3v) is 4.91. The summed E-state index contributed by atoms with van der Waals surface area (Å²) < 4.78 is 22.7. The summed E-state index contributed by atoms with van der Waals surface area (Å²) in [6.07, 6.45) is 0.614. The number of aromatic nitrogens is 2. The monoisotopic (exact) mass is 275 g/mol. The van der Waals surface area contributed by atoms with Crippen molar-refractivity contribution >= 4 is 27.3 Å². The largest absolute Gasteiger partial charge is 0.366 e. The standard InChI is InChI=1S/C10H14ClN3O2S/c1-6-9(11)12-7(2)13-10(6)14-8-3-4-17(15,16)5-8/h8H,3-5H2,1-2H3,(H,12,13,14). The van der Waals surface area contributed by atoms with Crippen molar-refractivity contribution in [1.82, 2.24) is 9.97 Å². The molecule has 0 aromatic carbocycles. The van der Waals surface area contributed by atoms with Gasteiger partial charge in [0.15, 0.2) is 9.84 Å². The zero-order valence-corrected chi connectivity index (χ0v) is 11.3. The van der Waals surface area contributed by atoms with Crippen LogP contribution in [0.15, 0.2) is 0 Å². The Hall–Kier alpha value is -0.880. The van der Waals surface area contributed by atoms with E-state index in [1.807, 2.05) is 6.92 Å². The Kier molecular flexibility index (Phi) is 3.27. The van der Waals surface area contributed by atoms with E-state index in [1.54, 1.807) is 6.92 Å². The van der Waals surface area contributed by atoms with Gasteiger partial charge in [0.2, 0.25) is 0 Å². The van der Waals surface area contributed by atoms with Gasteiger partial charge in [-0.3, -0.25) is 0 Å². The number of rotatable bonds is 2. The highest BCUT2D eigenvalue weighted by molar-refractivity contribution is 7.91. The lowest BCUT2D eigenvalue weighted by atomic mass is 10.2. The number of anilines is 1. The molecule has 0 saturated carbocycles. The SMILES string of the molecule is Cc1nc(Cl)c(C)c(NC2CCS(=O)(=O)C2)n1. The molecule has 0 radical (unpaired) electrons. The van der Waals surface area contributed by atoms with Gasteiger partial charge in [-0.2, -0.15) is 0 Å². The topological polar surface area (TPSA) is 72.0 Å². The summed E-state index contributed by atoms with van der Waals surface area (Å²) in [5, 5.41) is 3.54. The first-order valence-electron chi connectivity index (χ1n) is 5.35. The first-order valence-corrected chi connectivity index (χ1v) is 7.55. The Bertz CT molecular complexity index is 545. The third-order valence-electron chi connectivity index (χ3n) is 2.77. The molecular weight excluding hydrogens is 262 g/mol. The highest BCUT2D eigenvalue weighted by atomic mass is 35.5. The van der Waals surface area contributed by atoms with Crippen molar-refractivity contribution in [3.63, 3.8) is 0 Å². The van der Waals surface area contributed by atoms with Crippen LogP contribution in [-0.2, 0) is 9.84 Å². The van der Waals surface area contributed by atoms with Crippen LogP contribution < -0.4 is 5.32 Å². The van der Waals surface area contributed by atoms with Gasteiger partial charge in [-0.1, -0.05) is 11.6 Å². The van der Waals surface area contributed by atoms with E-state index in [2.05, 4.69) is 15.3 Å². The summed E-state index contributed by atoms with van der Waals surface area (Å²) in [6.45, 7) is 3.56. The van der Waals surface area contributed by atoms with Gasteiger partial charge >= 0.3 is 0 Å². The molecule has 5 nitrogen and oxygen atoms in total. The van der Waals surface area contributed by atoms with Crippen molar-refractivity contribution in [2.24, 2.45) is 0 Å². The second kappa shape index (κ2) is 4.42. The number of halogens is 1. The van der Waals surface area contributed by atoms with Crippen molar-refractivity contribution < 1.29 is 8.42 Å². The van der Waals surface area contributed by atoms with E-state index >= 15 is 0 Å².